The molecule has 1 fully saturated rings. The van der Waals surface area contributed by atoms with E-state index in [1.54, 1.807) is 4.90 Å². The maximum atomic E-state index is 12.9. The Labute approximate surface area is 173 Å². The fourth-order valence-electron chi connectivity index (χ4n) is 3.81. The highest BCUT2D eigenvalue weighted by molar-refractivity contribution is 5.84. The molecule has 0 saturated carbocycles. The molecule has 0 bridgehead atoms. The molecule has 0 unspecified atom stereocenters. The van der Waals surface area contributed by atoms with Crippen molar-refractivity contribution in [2.45, 2.75) is 34.2 Å². The third-order valence-electron chi connectivity index (χ3n) is 5.94. The number of rotatable bonds is 5. The third-order valence-corrected chi connectivity index (χ3v) is 5.94. The Bertz CT molecular complexity index is 885. The zero-order valence-electron chi connectivity index (χ0n) is 17.9. The molecule has 0 radical (unpaired) electrons. The van der Waals surface area contributed by atoms with E-state index in [1.807, 2.05) is 36.1 Å². The summed E-state index contributed by atoms with van der Waals surface area (Å²) in [5, 5.41) is 0. The van der Waals surface area contributed by atoms with Crippen molar-refractivity contribution < 1.29 is 9.59 Å². The molecule has 1 saturated heterocycles. The Morgan fingerprint density at radius 2 is 1.55 bits per heavy atom. The fourth-order valence-corrected chi connectivity index (χ4v) is 3.81. The molecule has 1 aliphatic heterocycles. The highest BCUT2D eigenvalue weighted by atomic mass is 16.2. The van der Waals surface area contributed by atoms with Gasteiger partial charge in [0.1, 0.15) is 6.54 Å². The second-order valence-electron chi connectivity index (χ2n) is 7.89. The van der Waals surface area contributed by atoms with Gasteiger partial charge in [0.2, 0.25) is 11.8 Å². The van der Waals surface area contributed by atoms with Gasteiger partial charge in [-0.2, -0.15) is 0 Å². The lowest BCUT2D eigenvalue weighted by Gasteiger charge is -2.37. The van der Waals surface area contributed by atoms with E-state index in [9.17, 15) is 9.59 Å². The number of carbonyl (C=O) groups is 2. The molecule has 0 aromatic heterocycles. The van der Waals surface area contributed by atoms with Crippen molar-refractivity contribution >= 4 is 17.5 Å². The van der Waals surface area contributed by atoms with Gasteiger partial charge < -0.3 is 14.7 Å². The Morgan fingerprint density at radius 3 is 2.21 bits per heavy atom. The largest absolute Gasteiger partial charge is 0.368 e. The van der Waals surface area contributed by atoms with Crippen molar-refractivity contribution in [1.29, 1.82) is 0 Å². The predicted molar refractivity (Wildman–Crippen MR) is 117 cm³/mol. The standard InChI is InChI=1S/C24H31N3O2/c1-18-9-7-11-23(20(18)3)25-12-14-26(15-13-25)24(29)17-27(21(4)28)16-22-10-6-5-8-19(22)2/h5-11H,12-17H2,1-4H3. The molecule has 2 amide bonds. The molecule has 29 heavy (non-hydrogen) atoms. The average Bonchev–Trinajstić information content (AvgIpc) is 2.71. The van der Waals surface area contributed by atoms with Crippen LogP contribution in [0.3, 0.4) is 0 Å². The zero-order valence-corrected chi connectivity index (χ0v) is 17.9. The van der Waals surface area contributed by atoms with Crippen LogP contribution in [-0.2, 0) is 16.1 Å². The van der Waals surface area contributed by atoms with E-state index in [-0.39, 0.29) is 18.4 Å². The number of piperazine rings is 1. The number of aryl methyl sites for hydroxylation is 2. The predicted octanol–water partition coefficient (Wildman–Crippen LogP) is 3.31. The summed E-state index contributed by atoms with van der Waals surface area (Å²) in [5.41, 5.74) is 6.05. The highest BCUT2D eigenvalue weighted by Crippen LogP contribution is 2.24. The molecule has 0 spiro atoms. The van der Waals surface area contributed by atoms with Gasteiger partial charge in [-0.25, -0.2) is 0 Å². The highest BCUT2D eigenvalue weighted by Gasteiger charge is 2.24. The number of hydrogen-bond donors (Lipinski definition) is 0. The van der Waals surface area contributed by atoms with Crippen molar-refractivity contribution in [1.82, 2.24) is 9.80 Å². The molecule has 154 valence electrons. The van der Waals surface area contributed by atoms with Gasteiger partial charge in [0, 0.05) is 45.3 Å². The molecule has 3 rings (SSSR count). The van der Waals surface area contributed by atoms with E-state index in [4.69, 9.17) is 0 Å². The molecule has 0 N–H and O–H groups in total. The van der Waals surface area contributed by atoms with Crippen LogP contribution < -0.4 is 4.90 Å². The van der Waals surface area contributed by atoms with Crippen LogP contribution in [0.5, 0.6) is 0 Å². The first-order chi connectivity index (χ1) is 13.9. The number of benzene rings is 2. The smallest absolute Gasteiger partial charge is 0.242 e. The molecular formula is C24H31N3O2. The van der Waals surface area contributed by atoms with Gasteiger partial charge in [-0.15, -0.1) is 0 Å². The zero-order chi connectivity index (χ0) is 21.0. The van der Waals surface area contributed by atoms with Gasteiger partial charge in [-0.1, -0.05) is 36.4 Å². The number of nitrogens with zero attached hydrogens (tertiary/aromatic N) is 3. The van der Waals surface area contributed by atoms with Crippen LogP contribution in [0.4, 0.5) is 5.69 Å². The second-order valence-corrected chi connectivity index (χ2v) is 7.89. The molecule has 5 nitrogen and oxygen atoms in total. The molecule has 1 heterocycles. The molecule has 5 heteroatoms. The molecular weight excluding hydrogens is 362 g/mol. The minimum atomic E-state index is -0.0735. The Kier molecular flexibility index (Phi) is 6.57. The summed E-state index contributed by atoms with van der Waals surface area (Å²) in [6.45, 7) is 11.4. The van der Waals surface area contributed by atoms with E-state index in [0.717, 1.165) is 24.2 Å². The monoisotopic (exact) mass is 393 g/mol. The van der Waals surface area contributed by atoms with Crippen LogP contribution in [0.1, 0.15) is 29.2 Å². The van der Waals surface area contributed by atoms with Crippen molar-refractivity contribution in [3.05, 3.63) is 64.7 Å². The van der Waals surface area contributed by atoms with Crippen LogP contribution in [0.25, 0.3) is 0 Å². The first-order valence-electron chi connectivity index (χ1n) is 10.3. The van der Waals surface area contributed by atoms with Crippen LogP contribution in [0, 0.1) is 20.8 Å². The van der Waals surface area contributed by atoms with Gasteiger partial charge >= 0.3 is 0 Å². The van der Waals surface area contributed by atoms with Crippen molar-refractivity contribution in [3.63, 3.8) is 0 Å². The molecule has 2 aromatic rings. The first-order valence-corrected chi connectivity index (χ1v) is 10.3. The van der Waals surface area contributed by atoms with Crippen LogP contribution in [0.2, 0.25) is 0 Å². The van der Waals surface area contributed by atoms with Crippen molar-refractivity contribution in [2.24, 2.45) is 0 Å². The molecule has 0 atom stereocenters. The maximum absolute atomic E-state index is 12.9. The van der Waals surface area contributed by atoms with E-state index in [0.29, 0.717) is 19.6 Å². The average molecular weight is 394 g/mol. The van der Waals surface area contributed by atoms with E-state index in [2.05, 4.69) is 36.9 Å². The number of anilines is 1. The SMILES string of the molecule is CC(=O)N(CC(=O)N1CCN(c2cccc(C)c2C)CC1)Cc1ccccc1C. The number of carbonyl (C=O) groups excluding carboxylic acids is 2. The van der Waals surface area contributed by atoms with Crippen LogP contribution >= 0.6 is 0 Å². The topological polar surface area (TPSA) is 43.9 Å². The summed E-state index contributed by atoms with van der Waals surface area (Å²) in [5.74, 6) is -0.0509. The summed E-state index contributed by atoms with van der Waals surface area (Å²) in [4.78, 5) is 30.9. The van der Waals surface area contributed by atoms with E-state index < -0.39 is 0 Å². The summed E-state index contributed by atoms with van der Waals surface area (Å²) < 4.78 is 0. The minimum Gasteiger partial charge on any atom is -0.368 e. The lowest BCUT2D eigenvalue weighted by atomic mass is 10.1. The van der Waals surface area contributed by atoms with Crippen LogP contribution in [-0.4, -0.2) is 54.3 Å². The Morgan fingerprint density at radius 1 is 0.897 bits per heavy atom. The molecule has 0 aliphatic carbocycles. The first kappa shape index (κ1) is 20.9. The minimum absolute atomic E-state index is 0.0226. The third kappa shape index (κ3) is 4.97. The summed E-state index contributed by atoms with van der Waals surface area (Å²) in [6, 6.07) is 14.4. The van der Waals surface area contributed by atoms with Gasteiger partial charge in [0.25, 0.3) is 0 Å². The van der Waals surface area contributed by atoms with Gasteiger partial charge in [-0.05, 0) is 49.1 Å². The van der Waals surface area contributed by atoms with Crippen molar-refractivity contribution in [3.8, 4) is 0 Å². The lowest BCUT2D eigenvalue weighted by Crippen LogP contribution is -2.51. The molecule has 1 aliphatic rings. The fraction of sp³-hybridized carbons (Fsp3) is 0.417. The normalized spacial score (nSPS) is 14.1. The van der Waals surface area contributed by atoms with E-state index >= 15 is 0 Å². The molecule has 2 aromatic carbocycles. The quantitative estimate of drug-likeness (QED) is 0.783. The van der Waals surface area contributed by atoms with Gasteiger partial charge in [0.15, 0.2) is 0 Å². The maximum Gasteiger partial charge on any atom is 0.242 e. The lowest BCUT2D eigenvalue weighted by molar-refractivity contribution is -0.140. The summed E-state index contributed by atoms with van der Waals surface area (Å²) in [6.07, 6.45) is 0. The van der Waals surface area contributed by atoms with Gasteiger partial charge in [0.05, 0.1) is 0 Å². The van der Waals surface area contributed by atoms with E-state index in [1.165, 1.54) is 23.7 Å². The summed E-state index contributed by atoms with van der Waals surface area (Å²) >= 11 is 0. The number of amides is 2. The van der Waals surface area contributed by atoms with Crippen LogP contribution in [0.15, 0.2) is 42.5 Å². The second kappa shape index (κ2) is 9.12. The Hall–Kier alpha value is -2.82. The van der Waals surface area contributed by atoms with Crippen molar-refractivity contribution in [2.75, 3.05) is 37.6 Å². The number of hydrogen-bond acceptors (Lipinski definition) is 3. The summed E-state index contributed by atoms with van der Waals surface area (Å²) in [7, 11) is 0. The Balaban J connectivity index is 1.60. The van der Waals surface area contributed by atoms with Gasteiger partial charge in [-0.3, -0.25) is 9.59 Å².